The zero-order valence-electron chi connectivity index (χ0n) is 12.1. The van der Waals surface area contributed by atoms with Gasteiger partial charge < -0.3 is 10.6 Å². The average molecular weight is 327 g/mol. The van der Waals surface area contributed by atoms with E-state index in [4.69, 9.17) is 0 Å². The molecule has 0 radical (unpaired) electrons. The Kier molecular flexibility index (Phi) is 6.35. The van der Waals surface area contributed by atoms with Crippen molar-refractivity contribution in [3.8, 4) is 0 Å². The molecular weight excluding hydrogens is 304 g/mol. The summed E-state index contributed by atoms with van der Waals surface area (Å²) in [6, 6.07) is 5.80. The fourth-order valence-corrected chi connectivity index (χ4v) is 2.05. The van der Waals surface area contributed by atoms with E-state index in [0.717, 1.165) is 28.7 Å². The molecule has 4 heteroatoms. The summed E-state index contributed by atoms with van der Waals surface area (Å²) in [6.45, 7) is 8.94. The monoisotopic (exact) mass is 326 g/mol. The van der Waals surface area contributed by atoms with Gasteiger partial charge >= 0.3 is 0 Å². The quantitative estimate of drug-likeness (QED) is 0.836. The highest BCUT2D eigenvalue weighted by Crippen LogP contribution is 2.23. The van der Waals surface area contributed by atoms with Gasteiger partial charge in [0.25, 0.3) is 0 Å². The van der Waals surface area contributed by atoms with Gasteiger partial charge in [-0.05, 0) is 59.8 Å². The Morgan fingerprint density at radius 1 is 1.32 bits per heavy atom. The van der Waals surface area contributed by atoms with Crippen LogP contribution < -0.4 is 10.6 Å². The van der Waals surface area contributed by atoms with E-state index >= 15 is 0 Å². The molecule has 0 fully saturated rings. The molecule has 1 amide bonds. The average Bonchev–Trinajstić information content (AvgIpc) is 2.33. The molecule has 0 bridgehead atoms. The standard InChI is InChI=1S/C15H23BrN2O/c1-10(2)7-8-17-15(19)12(4)18-14-9-11(3)5-6-13(14)16/h5-6,9-10,12,18H,7-8H2,1-4H3,(H,17,19). The molecule has 1 atom stereocenters. The first-order valence-electron chi connectivity index (χ1n) is 6.70. The Bertz CT molecular complexity index is 432. The number of benzene rings is 1. The largest absolute Gasteiger partial charge is 0.373 e. The van der Waals surface area contributed by atoms with E-state index in [2.05, 4.69) is 40.4 Å². The number of carbonyl (C=O) groups is 1. The minimum Gasteiger partial charge on any atom is -0.373 e. The van der Waals surface area contributed by atoms with Crippen LogP contribution in [0.5, 0.6) is 0 Å². The molecular formula is C15H23BrN2O. The van der Waals surface area contributed by atoms with Crippen LogP contribution in [0.15, 0.2) is 22.7 Å². The number of hydrogen-bond acceptors (Lipinski definition) is 2. The maximum atomic E-state index is 11.9. The summed E-state index contributed by atoms with van der Waals surface area (Å²) in [7, 11) is 0. The van der Waals surface area contributed by atoms with Crippen LogP contribution in [0.2, 0.25) is 0 Å². The zero-order valence-corrected chi connectivity index (χ0v) is 13.7. The van der Waals surface area contributed by atoms with Crippen molar-refractivity contribution in [3.63, 3.8) is 0 Å². The lowest BCUT2D eigenvalue weighted by molar-refractivity contribution is -0.121. The van der Waals surface area contributed by atoms with Crippen molar-refractivity contribution in [1.82, 2.24) is 5.32 Å². The number of halogens is 1. The molecule has 0 aliphatic heterocycles. The zero-order chi connectivity index (χ0) is 14.4. The molecule has 3 nitrogen and oxygen atoms in total. The SMILES string of the molecule is Cc1ccc(Br)c(NC(C)C(=O)NCCC(C)C)c1. The van der Waals surface area contributed by atoms with Crippen LogP contribution in [0.4, 0.5) is 5.69 Å². The number of rotatable bonds is 6. The number of nitrogens with one attached hydrogen (secondary N) is 2. The summed E-state index contributed by atoms with van der Waals surface area (Å²) in [6.07, 6.45) is 1.01. The number of hydrogen-bond donors (Lipinski definition) is 2. The third-order valence-corrected chi connectivity index (χ3v) is 3.60. The first-order valence-corrected chi connectivity index (χ1v) is 7.50. The summed E-state index contributed by atoms with van der Waals surface area (Å²) in [5.41, 5.74) is 2.12. The maximum absolute atomic E-state index is 11.9. The molecule has 0 aliphatic carbocycles. The van der Waals surface area contributed by atoms with Gasteiger partial charge in [-0.1, -0.05) is 19.9 Å². The second-order valence-corrected chi connectivity index (χ2v) is 6.18. The molecule has 0 heterocycles. The van der Waals surface area contributed by atoms with Gasteiger partial charge in [-0.15, -0.1) is 0 Å². The topological polar surface area (TPSA) is 41.1 Å². The molecule has 1 rings (SSSR count). The number of carbonyl (C=O) groups excluding carboxylic acids is 1. The van der Waals surface area contributed by atoms with E-state index in [1.54, 1.807) is 0 Å². The highest BCUT2D eigenvalue weighted by Gasteiger charge is 2.13. The van der Waals surface area contributed by atoms with Crippen molar-refractivity contribution in [2.45, 2.75) is 40.2 Å². The lowest BCUT2D eigenvalue weighted by atomic mass is 10.1. The summed E-state index contributed by atoms with van der Waals surface area (Å²) in [5.74, 6) is 0.642. The van der Waals surface area contributed by atoms with E-state index in [0.29, 0.717) is 5.92 Å². The number of anilines is 1. The van der Waals surface area contributed by atoms with E-state index < -0.39 is 0 Å². The van der Waals surface area contributed by atoms with Crippen LogP contribution in [0, 0.1) is 12.8 Å². The number of amides is 1. The highest BCUT2D eigenvalue weighted by molar-refractivity contribution is 9.10. The van der Waals surface area contributed by atoms with Crippen LogP contribution in [-0.2, 0) is 4.79 Å². The van der Waals surface area contributed by atoms with Crippen molar-refractivity contribution < 1.29 is 4.79 Å². The van der Waals surface area contributed by atoms with Crippen LogP contribution in [0.25, 0.3) is 0 Å². The molecule has 2 N–H and O–H groups in total. The molecule has 0 saturated carbocycles. The maximum Gasteiger partial charge on any atom is 0.242 e. The normalized spacial score (nSPS) is 12.3. The second kappa shape index (κ2) is 7.53. The van der Waals surface area contributed by atoms with Crippen molar-refractivity contribution in [2.24, 2.45) is 5.92 Å². The van der Waals surface area contributed by atoms with Gasteiger partial charge in [-0.25, -0.2) is 0 Å². The second-order valence-electron chi connectivity index (χ2n) is 5.32. The van der Waals surface area contributed by atoms with Crippen molar-refractivity contribution >= 4 is 27.5 Å². The first-order chi connectivity index (χ1) is 8.90. The molecule has 106 valence electrons. The molecule has 19 heavy (non-hydrogen) atoms. The van der Waals surface area contributed by atoms with Crippen molar-refractivity contribution in [2.75, 3.05) is 11.9 Å². The van der Waals surface area contributed by atoms with Gasteiger partial charge in [0.15, 0.2) is 0 Å². The lowest BCUT2D eigenvalue weighted by Gasteiger charge is -2.17. The fraction of sp³-hybridized carbons (Fsp3) is 0.533. The van der Waals surface area contributed by atoms with Crippen LogP contribution in [0.1, 0.15) is 32.8 Å². The first kappa shape index (κ1) is 16.0. The fourth-order valence-electron chi connectivity index (χ4n) is 1.69. The minimum absolute atomic E-state index is 0.0362. The predicted molar refractivity (Wildman–Crippen MR) is 84.4 cm³/mol. The van der Waals surface area contributed by atoms with Crippen LogP contribution >= 0.6 is 15.9 Å². The van der Waals surface area contributed by atoms with Crippen LogP contribution in [0.3, 0.4) is 0 Å². The minimum atomic E-state index is -0.245. The third kappa shape index (κ3) is 5.64. The van der Waals surface area contributed by atoms with Crippen LogP contribution in [-0.4, -0.2) is 18.5 Å². The van der Waals surface area contributed by atoms with Gasteiger partial charge in [0.05, 0.1) is 0 Å². The van der Waals surface area contributed by atoms with Gasteiger partial charge in [0.1, 0.15) is 6.04 Å². The lowest BCUT2D eigenvalue weighted by Crippen LogP contribution is -2.38. The Labute approximate surface area is 124 Å². The highest BCUT2D eigenvalue weighted by atomic mass is 79.9. The van der Waals surface area contributed by atoms with Crippen molar-refractivity contribution in [3.05, 3.63) is 28.2 Å². The molecule has 1 aromatic rings. The Morgan fingerprint density at radius 2 is 2.00 bits per heavy atom. The third-order valence-electron chi connectivity index (χ3n) is 2.91. The van der Waals surface area contributed by atoms with E-state index in [-0.39, 0.29) is 11.9 Å². The molecule has 1 unspecified atom stereocenters. The van der Waals surface area contributed by atoms with Gasteiger partial charge in [0.2, 0.25) is 5.91 Å². The van der Waals surface area contributed by atoms with E-state index in [1.165, 1.54) is 0 Å². The predicted octanol–water partition coefficient (Wildman–Crippen LogP) is 3.72. The Balaban J connectivity index is 2.51. The van der Waals surface area contributed by atoms with Gasteiger partial charge in [0, 0.05) is 16.7 Å². The van der Waals surface area contributed by atoms with Gasteiger partial charge in [-0.3, -0.25) is 4.79 Å². The molecule has 0 aromatic heterocycles. The molecule has 0 aliphatic rings. The number of aryl methyl sites for hydroxylation is 1. The Morgan fingerprint density at radius 3 is 2.63 bits per heavy atom. The molecule has 0 saturated heterocycles. The molecule has 1 aromatic carbocycles. The Hall–Kier alpha value is -1.03. The summed E-state index contributed by atoms with van der Waals surface area (Å²) in [5, 5.41) is 6.18. The van der Waals surface area contributed by atoms with Crippen molar-refractivity contribution in [1.29, 1.82) is 0 Å². The summed E-state index contributed by atoms with van der Waals surface area (Å²) < 4.78 is 0.972. The van der Waals surface area contributed by atoms with Gasteiger partial charge in [-0.2, -0.15) is 0 Å². The molecule has 0 spiro atoms. The smallest absolute Gasteiger partial charge is 0.242 e. The summed E-state index contributed by atoms with van der Waals surface area (Å²) >= 11 is 3.49. The van der Waals surface area contributed by atoms with E-state index in [1.807, 2.05) is 32.0 Å². The van der Waals surface area contributed by atoms with E-state index in [9.17, 15) is 4.79 Å². The summed E-state index contributed by atoms with van der Waals surface area (Å²) in [4.78, 5) is 11.9.